The minimum atomic E-state index is 0.140. The van der Waals surface area contributed by atoms with E-state index in [-0.39, 0.29) is 5.75 Å². The van der Waals surface area contributed by atoms with Gasteiger partial charge in [-0.2, -0.15) is 0 Å². The third kappa shape index (κ3) is 1.31. The summed E-state index contributed by atoms with van der Waals surface area (Å²) in [5.74, 6) is 0.140. The lowest BCUT2D eigenvalue weighted by molar-refractivity contribution is 0.475. The SMILES string of the molecule is Nc1cc(O)ccc1-n1ccnn1. The number of nitrogen functional groups attached to an aromatic ring is 1. The molecule has 1 aromatic carbocycles. The van der Waals surface area contributed by atoms with Gasteiger partial charge < -0.3 is 10.8 Å². The van der Waals surface area contributed by atoms with Crippen LogP contribution in [0.3, 0.4) is 0 Å². The zero-order chi connectivity index (χ0) is 9.26. The molecule has 0 bridgehead atoms. The summed E-state index contributed by atoms with van der Waals surface area (Å²) < 4.78 is 1.54. The van der Waals surface area contributed by atoms with Gasteiger partial charge in [0.2, 0.25) is 0 Å². The molecule has 1 aromatic heterocycles. The Balaban J connectivity index is 2.53. The molecule has 0 aliphatic heterocycles. The first-order chi connectivity index (χ1) is 6.27. The monoisotopic (exact) mass is 176 g/mol. The second-order valence-corrected chi connectivity index (χ2v) is 2.59. The van der Waals surface area contributed by atoms with Crippen LogP contribution in [-0.4, -0.2) is 20.1 Å². The molecule has 0 fully saturated rings. The van der Waals surface area contributed by atoms with Gasteiger partial charge in [-0.3, -0.25) is 0 Å². The molecular weight excluding hydrogens is 168 g/mol. The van der Waals surface area contributed by atoms with Gasteiger partial charge in [-0.05, 0) is 12.1 Å². The number of benzene rings is 1. The summed E-state index contributed by atoms with van der Waals surface area (Å²) >= 11 is 0. The lowest BCUT2D eigenvalue weighted by Crippen LogP contribution is -1.99. The van der Waals surface area contributed by atoms with Gasteiger partial charge in [0.25, 0.3) is 0 Å². The molecule has 0 atom stereocenters. The first-order valence-corrected chi connectivity index (χ1v) is 3.72. The molecule has 0 radical (unpaired) electrons. The van der Waals surface area contributed by atoms with Crippen molar-refractivity contribution in [2.24, 2.45) is 0 Å². The summed E-state index contributed by atoms with van der Waals surface area (Å²) in [5, 5.41) is 16.5. The Morgan fingerprint density at radius 2 is 2.23 bits per heavy atom. The summed E-state index contributed by atoms with van der Waals surface area (Å²) in [6.07, 6.45) is 3.25. The van der Waals surface area contributed by atoms with E-state index in [0.29, 0.717) is 11.4 Å². The van der Waals surface area contributed by atoms with Crippen LogP contribution in [0.2, 0.25) is 0 Å². The number of nitrogens with two attached hydrogens (primary N) is 1. The number of aromatic hydroxyl groups is 1. The van der Waals surface area contributed by atoms with E-state index >= 15 is 0 Å². The average Bonchev–Trinajstić information content (AvgIpc) is 2.56. The number of anilines is 1. The molecule has 5 heteroatoms. The summed E-state index contributed by atoms with van der Waals surface area (Å²) in [6, 6.07) is 4.70. The highest BCUT2D eigenvalue weighted by Crippen LogP contribution is 2.20. The van der Waals surface area contributed by atoms with Crippen molar-refractivity contribution >= 4 is 5.69 Å². The minimum absolute atomic E-state index is 0.140. The minimum Gasteiger partial charge on any atom is -0.508 e. The smallest absolute Gasteiger partial charge is 0.117 e. The lowest BCUT2D eigenvalue weighted by atomic mass is 10.2. The van der Waals surface area contributed by atoms with Crippen molar-refractivity contribution in [2.45, 2.75) is 0 Å². The van der Waals surface area contributed by atoms with Crippen LogP contribution < -0.4 is 5.73 Å². The molecular formula is C8H8N4O. The van der Waals surface area contributed by atoms with Crippen LogP contribution in [0.4, 0.5) is 5.69 Å². The predicted octanol–water partition coefficient (Wildman–Crippen LogP) is 0.555. The van der Waals surface area contributed by atoms with Crippen LogP contribution in [0.15, 0.2) is 30.6 Å². The second kappa shape index (κ2) is 2.78. The van der Waals surface area contributed by atoms with E-state index in [2.05, 4.69) is 10.3 Å². The molecule has 13 heavy (non-hydrogen) atoms. The summed E-state index contributed by atoms with van der Waals surface area (Å²) in [6.45, 7) is 0. The maximum atomic E-state index is 9.11. The first-order valence-electron chi connectivity index (χ1n) is 3.72. The number of hydrogen-bond acceptors (Lipinski definition) is 4. The molecule has 0 unspecified atom stereocenters. The third-order valence-electron chi connectivity index (χ3n) is 1.68. The molecule has 66 valence electrons. The highest BCUT2D eigenvalue weighted by atomic mass is 16.3. The van der Waals surface area contributed by atoms with Gasteiger partial charge in [0.1, 0.15) is 5.75 Å². The zero-order valence-corrected chi connectivity index (χ0v) is 6.75. The van der Waals surface area contributed by atoms with Gasteiger partial charge in [-0.1, -0.05) is 5.21 Å². The van der Waals surface area contributed by atoms with Gasteiger partial charge >= 0.3 is 0 Å². The highest BCUT2D eigenvalue weighted by Gasteiger charge is 2.02. The molecule has 0 spiro atoms. The third-order valence-corrected chi connectivity index (χ3v) is 1.68. The van der Waals surface area contributed by atoms with Crippen molar-refractivity contribution in [1.29, 1.82) is 0 Å². The quantitative estimate of drug-likeness (QED) is 0.622. The van der Waals surface area contributed by atoms with Crippen molar-refractivity contribution in [1.82, 2.24) is 15.0 Å². The zero-order valence-electron chi connectivity index (χ0n) is 6.75. The Kier molecular flexibility index (Phi) is 1.63. The number of hydrogen-bond donors (Lipinski definition) is 2. The van der Waals surface area contributed by atoms with E-state index in [0.717, 1.165) is 0 Å². The molecule has 0 amide bonds. The van der Waals surface area contributed by atoms with E-state index in [4.69, 9.17) is 10.8 Å². The van der Waals surface area contributed by atoms with E-state index in [1.807, 2.05) is 0 Å². The largest absolute Gasteiger partial charge is 0.508 e. The fourth-order valence-electron chi connectivity index (χ4n) is 1.09. The standard InChI is InChI=1S/C8H8N4O/c9-7-5-6(13)1-2-8(7)12-4-3-10-11-12/h1-5,13H,9H2. The Hall–Kier alpha value is -2.04. The van der Waals surface area contributed by atoms with Crippen molar-refractivity contribution in [3.63, 3.8) is 0 Å². The summed E-state index contributed by atoms with van der Waals surface area (Å²) in [4.78, 5) is 0. The Labute approximate surface area is 74.4 Å². The second-order valence-electron chi connectivity index (χ2n) is 2.59. The Morgan fingerprint density at radius 1 is 1.38 bits per heavy atom. The number of aromatic nitrogens is 3. The number of phenolic OH excluding ortho intramolecular Hbond substituents is 1. The maximum absolute atomic E-state index is 9.11. The van der Waals surface area contributed by atoms with Crippen LogP contribution in [0, 0.1) is 0 Å². The number of phenols is 1. The van der Waals surface area contributed by atoms with Crippen LogP contribution in [0.25, 0.3) is 5.69 Å². The topological polar surface area (TPSA) is 77.0 Å². The van der Waals surface area contributed by atoms with Crippen molar-refractivity contribution in [3.05, 3.63) is 30.6 Å². The summed E-state index contributed by atoms with van der Waals surface area (Å²) in [7, 11) is 0. The van der Waals surface area contributed by atoms with E-state index in [1.165, 1.54) is 10.7 Å². The van der Waals surface area contributed by atoms with E-state index in [1.54, 1.807) is 24.5 Å². The Bertz CT molecular complexity index is 410. The van der Waals surface area contributed by atoms with Crippen molar-refractivity contribution in [3.8, 4) is 11.4 Å². The first kappa shape index (κ1) is 7.60. The van der Waals surface area contributed by atoms with Gasteiger partial charge in [-0.15, -0.1) is 5.10 Å². The normalized spacial score (nSPS) is 10.2. The van der Waals surface area contributed by atoms with Crippen LogP contribution >= 0.6 is 0 Å². The number of nitrogens with zero attached hydrogens (tertiary/aromatic N) is 3. The summed E-state index contributed by atoms with van der Waals surface area (Å²) in [5.41, 5.74) is 6.83. The lowest BCUT2D eigenvalue weighted by Gasteiger charge is -2.04. The predicted molar refractivity (Wildman–Crippen MR) is 47.4 cm³/mol. The van der Waals surface area contributed by atoms with Crippen LogP contribution in [0.1, 0.15) is 0 Å². The molecule has 1 heterocycles. The van der Waals surface area contributed by atoms with E-state index < -0.39 is 0 Å². The van der Waals surface area contributed by atoms with Crippen LogP contribution in [0.5, 0.6) is 5.75 Å². The van der Waals surface area contributed by atoms with Crippen molar-refractivity contribution < 1.29 is 5.11 Å². The maximum Gasteiger partial charge on any atom is 0.117 e. The van der Waals surface area contributed by atoms with Crippen LogP contribution in [-0.2, 0) is 0 Å². The molecule has 2 aromatic rings. The fourth-order valence-corrected chi connectivity index (χ4v) is 1.09. The average molecular weight is 176 g/mol. The fraction of sp³-hybridized carbons (Fsp3) is 0. The van der Waals surface area contributed by atoms with Crippen molar-refractivity contribution in [2.75, 3.05) is 5.73 Å². The highest BCUT2D eigenvalue weighted by molar-refractivity contribution is 5.59. The van der Waals surface area contributed by atoms with Gasteiger partial charge in [0.05, 0.1) is 23.8 Å². The van der Waals surface area contributed by atoms with Gasteiger partial charge in [-0.25, -0.2) is 4.68 Å². The van der Waals surface area contributed by atoms with E-state index in [9.17, 15) is 0 Å². The molecule has 0 aliphatic carbocycles. The molecule has 3 N–H and O–H groups in total. The molecule has 5 nitrogen and oxygen atoms in total. The van der Waals surface area contributed by atoms with Gasteiger partial charge in [0, 0.05) is 6.07 Å². The Morgan fingerprint density at radius 3 is 2.85 bits per heavy atom. The molecule has 0 saturated heterocycles. The molecule has 0 saturated carbocycles. The molecule has 2 rings (SSSR count). The number of rotatable bonds is 1. The molecule has 0 aliphatic rings. The van der Waals surface area contributed by atoms with Gasteiger partial charge in [0.15, 0.2) is 0 Å².